The second-order valence-electron chi connectivity index (χ2n) is 4.07. The van der Waals surface area contributed by atoms with E-state index in [0.29, 0.717) is 10.9 Å². The van der Waals surface area contributed by atoms with Gasteiger partial charge in [0, 0.05) is 35.1 Å². The van der Waals surface area contributed by atoms with Gasteiger partial charge in [-0.25, -0.2) is 12.8 Å². The molecule has 8 heteroatoms. The van der Waals surface area contributed by atoms with E-state index in [0.717, 1.165) is 17.8 Å². The van der Waals surface area contributed by atoms with E-state index in [-0.39, 0.29) is 12.4 Å². The molecule has 0 radical (unpaired) electrons. The molecule has 0 unspecified atom stereocenters. The van der Waals surface area contributed by atoms with E-state index in [1.165, 1.54) is 0 Å². The smallest absolute Gasteiger partial charge is 0.264 e. The topological polar surface area (TPSA) is 56.3 Å². The Hall–Kier alpha value is -1.18. The summed E-state index contributed by atoms with van der Waals surface area (Å²) >= 11 is 3.13. The molecule has 0 saturated carbocycles. The van der Waals surface area contributed by atoms with Gasteiger partial charge in [0.15, 0.2) is 0 Å². The molecule has 21 heavy (non-hydrogen) atoms. The van der Waals surface area contributed by atoms with Gasteiger partial charge in [-0.3, -0.25) is 4.98 Å². The molecule has 0 atom stereocenters. The minimum Gasteiger partial charge on any atom is -0.492 e. The van der Waals surface area contributed by atoms with Gasteiger partial charge >= 0.3 is 0 Å². The highest BCUT2D eigenvalue weighted by atomic mass is 79.9. The molecule has 0 aliphatic rings. The van der Waals surface area contributed by atoms with Crippen LogP contribution in [0.1, 0.15) is 5.69 Å². The zero-order chi connectivity index (χ0) is 15.5. The van der Waals surface area contributed by atoms with Gasteiger partial charge in [0.25, 0.3) is 9.05 Å². The van der Waals surface area contributed by atoms with Crippen LogP contribution in [0.3, 0.4) is 0 Å². The number of pyridine rings is 1. The van der Waals surface area contributed by atoms with E-state index in [4.69, 9.17) is 15.4 Å². The second-order valence-corrected chi connectivity index (χ2v) is 7.46. The first kappa shape index (κ1) is 16.2. The summed E-state index contributed by atoms with van der Waals surface area (Å²) in [6.45, 7) is 0.280. The highest BCUT2D eigenvalue weighted by molar-refractivity contribution is 9.10. The zero-order valence-corrected chi connectivity index (χ0v) is 13.8. The van der Waals surface area contributed by atoms with Crippen LogP contribution in [0, 0.1) is 5.82 Å². The molecular formula is C13H10BrClFNO3S. The molecule has 1 aromatic carbocycles. The van der Waals surface area contributed by atoms with Crippen LogP contribution in [0.15, 0.2) is 45.9 Å². The Morgan fingerprint density at radius 2 is 2.10 bits per heavy atom. The van der Waals surface area contributed by atoms with E-state index in [1.807, 2.05) is 18.2 Å². The Morgan fingerprint density at radius 1 is 1.33 bits per heavy atom. The number of hydrogen-bond donors (Lipinski definition) is 0. The summed E-state index contributed by atoms with van der Waals surface area (Å²) in [5, 5.41) is 0. The molecule has 0 bridgehead atoms. The lowest BCUT2D eigenvalue weighted by Crippen LogP contribution is -2.04. The number of rotatable bonds is 5. The summed E-state index contributed by atoms with van der Waals surface area (Å²) in [6, 6.07) is 7.58. The lowest BCUT2D eigenvalue weighted by molar-refractivity contribution is 0.316. The third kappa shape index (κ3) is 4.39. The van der Waals surface area contributed by atoms with Gasteiger partial charge in [-0.1, -0.05) is 6.07 Å². The van der Waals surface area contributed by atoms with Crippen molar-refractivity contribution in [1.82, 2.24) is 4.98 Å². The molecule has 2 aromatic rings. The van der Waals surface area contributed by atoms with Crippen molar-refractivity contribution in [1.29, 1.82) is 0 Å². The average molecular weight is 395 g/mol. The summed E-state index contributed by atoms with van der Waals surface area (Å²) in [7, 11) is 1.00. The molecule has 1 aromatic heterocycles. The van der Waals surface area contributed by atoms with Crippen LogP contribution in [0.25, 0.3) is 0 Å². The van der Waals surface area contributed by atoms with Crippen molar-refractivity contribution in [3.8, 4) is 5.75 Å². The first-order valence-corrected chi connectivity index (χ1v) is 8.94. The molecule has 0 aliphatic heterocycles. The maximum Gasteiger partial charge on any atom is 0.264 e. The predicted molar refractivity (Wildman–Crippen MR) is 80.6 cm³/mol. The highest BCUT2D eigenvalue weighted by Crippen LogP contribution is 2.31. The predicted octanol–water partition coefficient (Wildman–Crippen LogP) is 3.53. The Bertz CT molecular complexity index is 741. The van der Waals surface area contributed by atoms with Gasteiger partial charge in [0.2, 0.25) is 0 Å². The Balaban J connectivity index is 2.09. The van der Waals surface area contributed by atoms with Crippen LogP contribution in [-0.4, -0.2) is 20.0 Å². The van der Waals surface area contributed by atoms with Crippen LogP contribution < -0.4 is 4.74 Å². The van der Waals surface area contributed by atoms with Crippen molar-refractivity contribution in [2.75, 3.05) is 6.61 Å². The molecule has 2 rings (SSSR count). The number of ether oxygens (including phenoxy) is 1. The molecule has 1 heterocycles. The van der Waals surface area contributed by atoms with Gasteiger partial charge < -0.3 is 4.74 Å². The third-order valence-corrected chi connectivity index (χ3v) is 4.55. The Morgan fingerprint density at radius 3 is 2.71 bits per heavy atom. The highest BCUT2D eigenvalue weighted by Gasteiger charge is 2.19. The molecular weight excluding hydrogens is 385 g/mol. The summed E-state index contributed by atoms with van der Waals surface area (Å²) in [5.41, 5.74) is 0.842. The largest absolute Gasteiger partial charge is 0.492 e. The maximum absolute atomic E-state index is 13.7. The van der Waals surface area contributed by atoms with E-state index in [9.17, 15) is 12.8 Å². The molecule has 0 N–H and O–H groups in total. The molecule has 4 nitrogen and oxygen atoms in total. The standard InChI is InChI=1S/C13H10BrClFNO3S/c14-10-7-13(21(15,18)19)11(16)8-12(10)20-6-4-9-3-1-2-5-17-9/h1-3,5,7-8H,4,6H2. The van der Waals surface area contributed by atoms with Crippen LogP contribution in [0.5, 0.6) is 5.75 Å². The molecule has 0 amide bonds. The molecule has 0 spiro atoms. The number of halogens is 3. The van der Waals surface area contributed by atoms with Gasteiger partial charge in [0.1, 0.15) is 16.5 Å². The fourth-order valence-corrected chi connectivity index (χ4v) is 3.13. The lowest BCUT2D eigenvalue weighted by Gasteiger charge is -2.09. The number of hydrogen-bond acceptors (Lipinski definition) is 4. The molecule has 0 aliphatic carbocycles. The van der Waals surface area contributed by atoms with Crippen molar-refractivity contribution in [3.05, 3.63) is 52.5 Å². The first-order chi connectivity index (χ1) is 9.88. The molecule has 0 saturated heterocycles. The normalized spacial score (nSPS) is 11.4. The van der Waals surface area contributed by atoms with Gasteiger partial charge in [0.05, 0.1) is 11.1 Å². The second kappa shape index (κ2) is 6.72. The summed E-state index contributed by atoms with van der Waals surface area (Å²) in [6.07, 6.45) is 2.22. The number of nitrogens with zero attached hydrogens (tertiary/aromatic N) is 1. The monoisotopic (exact) mass is 393 g/mol. The van der Waals surface area contributed by atoms with Crippen LogP contribution in [-0.2, 0) is 15.5 Å². The van der Waals surface area contributed by atoms with Crippen molar-refractivity contribution in [3.63, 3.8) is 0 Å². The fraction of sp³-hybridized carbons (Fsp3) is 0.154. The van der Waals surface area contributed by atoms with Crippen molar-refractivity contribution in [2.24, 2.45) is 0 Å². The van der Waals surface area contributed by atoms with E-state index >= 15 is 0 Å². The van der Waals surface area contributed by atoms with Crippen molar-refractivity contribution in [2.45, 2.75) is 11.3 Å². The Kier molecular flexibility index (Phi) is 5.18. The molecule has 0 fully saturated rings. The van der Waals surface area contributed by atoms with E-state index < -0.39 is 19.8 Å². The van der Waals surface area contributed by atoms with Gasteiger partial charge in [-0.15, -0.1) is 0 Å². The SMILES string of the molecule is O=S(=O)(Cl)c1cc(Br)c(OCCc2ccccn2)cc1F. The summed E-state index contributed by atoms with van der Waals surface area (Å²) in [4.78, 5) is 3.54. The average Bonchev–Trinajstić information content (AvgIpc) is 2.42. The third-order valence-electron chi connectivity index (χ3n) is 2.59. The maximum atomic E-state index is 13.7. The van der Waals surface area contributed by atoms with Crippen LogP contribution in [0.2, 0.25) is 0 Å². The van der Waals surface area contributed by atoms with Gasteiger partial charge in [-0.05, 0) is 34.1 Å². The van der Waals surface area contributed by atoms with Crippen LogP contribution in [0.4, 0.5) is 4.39 Å². The van der Waals surface area contributed by atoms with Crippen LogP contribution >= 0.6 is 26.6 Å². The van der Waals surface area contributed by atoms with Crippen molar-refractivity contribution < 1.29 is 17.5 Å². The Labute approximate surface area is 134 Å². The molecule has 112 valence electrons. The van der Waals surface area contributed by atoms with E-state index in [2.05, 4.69) is 20.9 Å². The minimum absolute atomic E-state index is 0.201. The number of aromatic nitrogens is 1. The fourth-order valence-electron chi connectivity index (χ4n) is 1.62. The lowest BCUT2D eigenvalue weighted by atomic mass is 10.3. The first-order valence-electron chi connectivity index (χ1n) is 5.84. The quantitative estimate of drug-likeness (QED) is 0.728. The summed E-state index contributed by atoms with van der Waals surface area (Å²) < 4.78 is 41.8. The van der Waals surface area contributed by atoms with Gasteiger partial charge in [-0.2, -0.15) is 0 Å². The summed E-state index contributed by atoms with van der Waals surface area (Å²) in [5.74, 6) is -0.756. The minimum atomic E-state index is -4.13. The number of benzene rings is 1. The van der Waals surface area contributed by atoms with E-state index in [1.54, 1.807) is 6.20 Å². The zero-order valence-electron chi connectivity index (χ0n) is 10.6. The van der Waals surface area contributed by atoms with Crippen molar-refractivity contribution >= 4 is 35.7 Å².